The van der Waals surface area contributed by atoms with Gasteiger partial charge in [-0.15, -0.1) is 0 Å². The van der Waals surface area contributed by atoms with E-state index in [0.29, 0.717) is 17.8 Å². The highest BCUT2D eigenvalue weighted by molar-refractivity contribution is 6.32. The van der Waals surface area contributed by atoms with Crippen molar-refractivity contribution in [3.8, 4) is 6.07 Å². The summed E-state index contributed by atoms with van der Waals surface area (Å²) in [7, 11) is 3.82. The van der Waals surface area contributed by atoms with Crippen molar-refractivity contribution < 1.29 is 4.79 Å². The van der Waals surface area contributed by atoms with Gasteiger partial charge in [-0.05, 0) is 30.2 Å². The molecule has 22 heavy (non-hydrogen) atoms. The van der Waals surface area contributed by atoms with Crippen LogP contribution in [-0.2, 0) is 6.42 Å². The van der Waals surface area contributed by atoms with Crippen LogP contribution in [0.2, 0.25) is 0 Å². The average molecular weight is 291 g/mol. The van der Waals surface area contributed by atoms with E-state index in [-0.39, 0.29) is 6.03 Å². The highest BCUT2D eigenvalue weighted by Gasteiger charge is 2.09. The Morgan fingerprint density at radius 3 is 2.68 bits per heavy atom. The topological polar surface area (TPSA) is 56.1 Å². The number of urea groups is 1. The maximum atomic E-state index is 12.1. The first-order valence-electron chi connectivity index (χ1n) is 7.16. The van der Waals surface area contributed by atoms with Crippen molar-refractivity contribution in [1.29, 1.82) is 5.26 Å². The van der Waals surface area contributed by atoms with Crippen LogP contribution in [-0.4, -0.2) is 32.4 Å². The zero-order valence-electron chi connectivity index (χ0n) is 12.8. The van der Waals surface area contributed by atoms with Crippen molar-refractivity contribution in [1.82, 2.24) is 4.90 Å². The summed E-state index contributed by atoms with van der Waals surface area (Å²) in [5.41, 5.74) is 3.59. The van der Waals surface area contributed by atoms with Crippen LogP contribution in [0.25, 0.3) is 0 Å². The Labute approximate surface area is 131 Å². The third kappa shape index (κ3) is 4.39. The first-order valence-corrected chi connectivity index (χ1v) is 7.16. The number of nitrogens with zero attached hydrogens (tertiary/aromatic N) is 2. The van der Waals surface area contributed by atoms with E-state index in [4.69, 9.17) is 5.26 Å². The van der Waals surface area contributed by atoms with E-state index in [1.165, 1.54) is 11.0 Å². The van der Waals surface area contributed by atoms with E-state index in [9.17, 15) is 4.79 Å². The molecule has 4 nitrogen and oxygen atoms in total. The van der Waals surface area contributed by atoms with Gasteiger partial charge < -0.3 is 10.2 Å². The lowest BCUT2D eigenvalue weighted by Gasteiger charge is -2.18. The van der Waals surface area contributed by atoms with Gasteiger partial charge in [-0.2, -0.15) is 5.26 Å². The summed E-state index contributed by atoms with van der Waals surface area (Å²) in [4.78, 5) is 13.8. The molecule has 0 heterocycles. The SMILES string of the molecule is Bc1ccc(CCN(C)C(=O)Nc2cccc(C#N)c2)cc1. The minimum absolute atomic E-state index is 0.179. The zero-order chi connectivity index (χ0) is 15.9. The standard InChI is InChI=1S/C17H18BN3O/c1-21(10-9-13-5-7-15(18)8-6-13)17(22)20-16-4-2-3-14(11-16)12-19/h2-8,11H,9-10,18H2,1H3,(H,20,22). The minimum Gasteiger partial charge on any atom is -0.327 e. The number of anilines is 1. The number of amides is 2. The van der Waals surface area contributed by atoms with Crippen molar-refractivity contribution in [3.05, 3.63) is 59.7 Å². The van der Waals surface area contributed by atoms with Crippen LogP contribution in [0, 0.1) is 11.3 Å². The van der Waals surface area contributed by atoms with Gasteiger partial charge in [0.05, 0.1) is 11.6 Å². The molecule has 0 fully saturated rings. The Morgan fingerprint density at radius 2 is 2.00 bits per heavy atom. The Hall–Kier alpha value is -2.74. The van der Waals surface area contributed by atoms with Crippen molar-refractivity contribution in [2.45, 2.75) is 6.42 Å². The molecule has 110 valence electrons. The van der Waals surface area contributed by atoms with E-state index in [2.05, 4.69) is 43.5 Å². The van der Waals surface area contributed by atoms with Crippen LogP contribution in [0.5, 0.6) is 0 Å². The van der Waals surface area contributed by atoms with Gasteiger partial charge in [-0.3, -0.25) is 0 Å². The molecular weight excluding hydrogens is 273 g/mol. The van der Waals surface area contributed by atoms with Crippen molar-refractivity contribution >= 4 is 25.0 Å². The third-order valence-corrected chi connectivity index (χ3v) is 3.45. The van der Waals surface area contributed by atoms with Gasteiger partial charge in [0.1, 0.15) is 7.85 Å². The number of nitriles is 1. The molecule has 0 aliphatic rings. The van der Waals surface area contributed by atoms with Crippen LogP contribution >= 0.6 is 0 Å². The van der Waals surface area contributed by atoms with E-state index in [1.807, 2.05) is 0 Å². The second-order valence-electron chi connectivity index (χ2n) is 5.28. The average Bonchev–Trinajstić information content (AvgIpc) is 2.54. The Morgan fingerprint density at radius 1 is 1.27 bits per heavy atom. The summed E-state index contributed by atoms with van der Waals surface area (Å²) in [6.07, 6.45) is 0.808. The number of carbonyl (C=O) groups excluding carboxylic acids is 1. The van der Waals surface area contributed by atoms with Gasteiger partial charge in [-0.1, -0.05) is 35.8 Å². The smallest absolute Gasteiger partial charge is 0.321 e. The van der Waals surface area contributed by atoms with Crippen LogP contribution in [0.15, 0.2) is 48.5 Å². The van der Waals surface area contributed by atoms with Crippen molar-refractivity contribution in [3.63, 3.8) is 0 Å². The molecule has 0 atom stereocenters. The number of hydrogen-bond acceptors (Lipinski definition) is 2. The van der Waals surface area contributed by atoms with Crippen molar-refractivity contribution in [2.24, 2.45) is 0 Å². The molecule has 0 bridgehead atoms. The molecule has 0 unspecified atom stereocenters. The highest BCUT2D eigenvalue weighted by atomic mass is 16.2. The third-order valence-electron chi connectivity index (χ3n) is 3.45. The molecule has 2 aromatic carbocycles. The molecule has 2 rings (SSSR count). The first-order chi connectivity index (χ1) is 10.6. The lowest BCUT2D eigenvalue weighted by Crippen LogP contribution is -2.33. The zero-order valence-corrected chi connectivity index (χ0v) is 12.8. The summed E-state index contributed by atoms with van der Waals surface area (Å²) in [5.74, 6) is 0. The second kappa shape index (κ2) is 7.32. The summed E-state index contributed by atoms with van der Waals surface area (Å²) in [5, 5.41) is 11.7. The first kappa shape index (κ1) is 15.6. The maximum Gasteiger partial charge on any atom is 0.321 e. The Kier molecular flexibility index (Phi) is 5.21. The molecule has 0 saturated carbocycles. The fourth-order valence-corrected chi connectivity index (χ4v) is 2.04. The largest absolute Gasteiger partial charge is 0.327 e. The molecule has 0 saturated heterocycles. The maximum absolute atomic E-state index is 12.1. The Balaban J connectivity index is 1.89. The van der Waals surface area contributed by atoms with E-state index in [1.54, 1.807) is 36.2 Å². The number of hydrogen-bond donors (Lipinski definition) is 1. The molecule has 1 N–H and O–H groups in total. The van der Waals surface area contributed by atoms with Gasteiger partial charge >= 0.3 is 6.03 Å². The van der Waals surface area contributed by atoms with Crippen LogP contribution in [0.3, 0.4) is 0 Å². The fourth-order valence-electron chi connectivity index (χ4n) is 2.04. The highest BCUT2D eigenvalue weighted by Crippen LogP contribution is 2.10. The number of likely N-dealkylation sites (N-methyl/N-ethyl adjacent to an activating group) is 1. The van der Waals surface area contributed by atoms with E-state index < -0.39 is 0 Å². The summed E-state index contributed by atoms with van der Waals surface area (Å²) < 4.78 is 0. The molecule has 0 aliphatic carbocycles. The van der Waals surface area contributed by atoms with Gasteiger partial charge in [0.25, 0.3) is 0 Å². The molecule has 0 aliphatic heterocycles. The number of benzene rings is 2. The summed E-state index contributed by atoms with van der Waals surface area (Å²) in [6, 6.07) is 17.1. The quantitative estimate of drug-likeness (QED) is 0.868. The monoisotopic (exact) mass is 291 g/mol. The molecule has 5 heteroatoms. The second-order valence-corrected chi connectivity index (χ2v) is 5.28. The number of rotatable bonds is 4. The summed E-state index contributed by atoms with van der Waals surface area (Å²) in [6.45, 7) is 0.632. The molecule has 2 aromatic rings. The predicted octanol–water partition coefficient (Wildman–Crippen LogP) is 1.52. The molecule has 0 aromatic heterocycles. The minimum atomic E-state index is -0.179. The molecular formula is C17H18BN3O. The van der Waals surface area contributed by atoms with Crippen molar-refractivity contribution in [2.75, 3.05) is 18.9 Å². The van der Waals surface area contributed by atoms with Gasteiger partial charge in [-0.25, -0.2) is 4.79 Å². The number of nitrogens with one attached hydrogen (secondary N) is 1. The van der Waals surface area contributed by atoms with Crippen LogP contribution in [0.1, 0.15) is 11.1 Å². The molecule has 0 radical (unpaired) electrons. The molecule has 2 amide bonds. The van der Waals surface area contributed by atoms with E-state index >= 15 is 0 Å². The van der Waals surface area contributed by atoms with Crippen LogP contribution in [0.4, 0.5) is 10.5 Å². The number of carbonyl (C=O) groups is 1. The lowest BCUT2D eigenvalue weighted by atomic mass is 9.95. The van der Waals surface area contributed by atoms with Crippen LogP contribution < -0.4 is 10.8 Å². The lowest BCUT2D eigenvalue weighted by molar-refractivity contribution is 0.223. The predicted molar refractivity (Wildman–Crippen MR) is 91.1 cm³/mol. The summed E-state index contributed by atoms with van der Waals surface area (Å²) >= 11 is 0. The Bertz CT molecular complexity index is 692. The van der Waals surface area contributed by atoms with Gasteiger partial charge in [0.2, 0.25) is 0 Å². The van der Waals surface area contributed by atoms with Gasteiger partial charge in [0, 0.05) is 19.3 Å². The van der Waals surface area contributed by atoms with Gasteiger partial charge in [0.15, 0.2) is 0 Å². The fraction of sp³-hybridized carbons (Fsp3) is 0.176. The normalized spacial score (nSPS) is 9.82. The molecule has 0 spiro atoms. The van der Waals surface area contributed by atoms with E-state index in [0.717, 1.165) is 6.42 Å².